The van der Waals surface area contributed by atoms with Crippen molar-refractivity contribution in [2.45, 2.75) is 18.7 Å². The van der Waals surface area contributed by atoms with Gasteiger partial charge in [0.05, 0.1) is 5.69 Å². The van der Waals surface area contributed by atoms with Gasteiger partial charge in [0.25, 0.3) is 5.91 Å². The second-order valence-electron chi connectivity index (χ2n) is 4.29. The number of aryl methyl sites for hydroxylation is 2. The number of aromatic nitrogens is 2. The zero-order valence-electron chi connectivity index (χ0n) is 11.0. The minimum absolute atomic E-state index is 0.138. The fourth-order valence-corrected chi connectivity index (χ4v) is 2.19. The molecule has 1 amide bonds. The van der Waals surface area contributed by atoms with E-state index in [9.17, 15) is 4.79 Å². The number of carbonyl (C=O) groups excluding carboxylic acids is 1. The molecule has 0 aliphatic rings. The predicted octanol–water partition coefficient (Wildman–Crippen LogP) is 3.13. The van der Waals surface area contributed by atoms with Crippen molar-refractivity contribution in [3.05, 3.63) is 47.3 Å². The number of halogens is 1. The van der Waals surface area contributed by atoms with Crippen LogP contribution in [0, 0.1) is 0 Å². The van der Waals surface area contributed by atoms with Gasteiger partial charge in [-0.1, -0.05) is 35.0 Å². The van der Waals surface area contributed by atoms with Crippen LogP contribution in [0.25, 0.3) is 0 Å². The molecule has 0 saturated heterocycles. The summed E-state index contributed by atoms with van der Waals surface area (Å²) in [6, 6.07) is 9.57. The molecule has 4 nitrogen and oxygen atoms in total. The Bertz CT molecular complexity index is 592. The summed E-state index contributed by atoms with van der Waals surface area (Å²) in [5.41, 5.74) is 3.40. The first-order valence-electron chi connectivity index (χ1n) is 6.13. The molecule has 0 aliphatic heterocycles. The van der Waals surface area contributed by atoms with Crippen LogP contribution in [0.15, 0.2) is 30.3 Å². The van der Waals surface area contributed by atoms with Crippen molar-refractivity contribution in [1.82, 2.24) is 9.78 Å². The fraction of sp³-hybridized carbons (Fsp3) is 0.286. The number of anilines is 1. The van der Waals surface area contributed by atoms with Crippen LogP contribution in [-0.2, 0) is 18.8 Å². The first-order chi connectivity index (χ1) is 9.13. The van der Waals surface area contributed by atoms with Crippen LogP contribution in [0.4, 0.5) is 5.69 Å². The van der Waals surface area contributed by atoms with Crippen molar-refractivity contribution >= 4 is 27.5 Å². The fourth-order valence-electron chi connectivity index (χ4n) is 1.84. The molecular weight excluding hydrogens is 306 g/mol. The maximum absolute atomic E-state index is 12.2. The van der Waals surface area contributed by atoms with Crippen LogP contribution in [0.5, 0.6) is 0 Å². The molecule has 19 heavy (non-hydrogen) atoms. The molecule has 1 aromatic carbocycles. The second-order valence-corrected chi connectivity index (χ2v) is 4.85. The van der Waals surface area contributed by atoms with Crippen molar-refractivity contribution < 1.29 is 4.79 Å². The monoisotopic (exact) mass is 321 g/mol. The first kappa shape index (κ1) is 13.8. The summed E-state index contributed by atoms with van der Waals surface area (Å²) in [6.07, 6.45) is 0.820. The van der Waals surface area contributed by atoms with Gasteiger partial charge in [-0.15, -0.1) is 0 Å². The molecule has 1 N–H and O–H groups in total. The molecule has 0 saturated carbocycles. The third-order valence-corrected chi connectivity index (χ3v) is 3.51. The van der Waals surface area contributed by atoms with Crippen molar-refractivity contribution in [2.75, 3.05) is 5.32 Å². The van der Waals surface area contributed by atoms with E-state index in [4.69, 9.17) is 0 Å². The smallest absolute Gasteiger partial charge is 0.273 e. The highest BCUT2D eigenvalue weighted by Gasteiger charge is 2.12. The van der Waals surface area contributed by atoms with E-state index < -0.39 is 0 Å². The van der Waals surface area contributed by atoms with E-state index in [1.807, 2.05) is 37.3 Å². The number of amides is 1. The Kier molecular flexibility index (Phi) is 4.37. The Balaban J connectivity index is 2.17. The molecule has 0 radical (unpaired) electrons. The van der Waals surface area contributed by atoms with Crippen LogP contribution >= 0.6 is 15.9 Å². The third-order valence-electron chi connectivity index (χ3n) is 2.86. The molecule has 100 valence electrons. The Labute approximate surface area is 120 Å². The molecule has 1 heterocycles. The average Bonchev–Trinajstić information content (AvgIpc) is 2.80. The molecule has 0 unspecified atom stereocenters. The molecule has 0 fully saturated rings. The third kappa shape index (κ3) is 3.23. The molecule has 1 aromatic heterocycles. The first-order valence-corrected chi connectivity index (χ1v) is 7.25. The Morgan fingerprint density at radius 3 is 2.84 bits per heavy atom. The minimum Gasteiger partial charge on any atom is -0.321 e. The molecule has 2 aromatic rings. The molecular formula is C14H16BrN3O. The lowest BCUT2D eigenvalue weighted by Gasteiger charge is -2.06. The van der Waals surface area contributed by atoms with Gasteiger partial charge in [0.15, 0.2) is 0 Å². The van der Waals surface area contributed by atoms with Crippen LogP contribution in [0.1, 0.15) is 28.7 Å². The summed E-state index contributed by atoms with van der Waals surface area (Å²) in [5.74, 6) is -0.138. The van der Waals surface area contributed by atoms with Gasteiger partial charge < -0.3 is 5.32 Å². The number of nitrogens with one attached hydrogen (secondary N) is 1. The van der Waals surface area contributed by atoms with Gasteiger partial charge >= 0.3 is 0 Å². The maximum atomic E-state index is 12.2. The maximum Gasteiger partial charge on any atom is 0.273 e. The van der Waals surface area contributed by atoms with Crippen molar-refractivity contribution in [2.24, 2.45) is 7.05 Å². The summed E-state index contributed by atoms with van der Waals surface area (Å²) in [4.78, 5) is 12.2. The van der Waals surface area contributed by atoms with Gasteiger partial charge in [-0.3, -0.25) is 9.48 Å². The minimum atomic E-state index is -0.138. The standard InChI is InChI=1S/C14H16BrN3O/c1-3-11-8-13(18(2)17-11)14(19)16-12-6-4-5-10(7-12)9-15/h4-8H,3,9H2,1-2H3,(H,16,19). The van der Waals surface area contributed by atoms with E-state index in [1.165, 1.54) is 0 Å². The largest absolute Gasteiger partial charge is 0.321 e. The normalized spacial score (nSPS) is 10.5. The van der Waals surface area contributed by atoms with Gasteiger partial charge in [-0.25, -0.2) is 0 Å². The van der Waals surface area contributed by atoms with Crippen LogP contribution in [-0.4, -0.2) is 15.7 Å². The quantitative estimate of drug-likeness (QED) is 0.879. The predicted molar refractivity (Wildman–Crippen MR) is 79.6 cm³/mol. The summed E-state index contributed by atoms with van der Waals surface area (Å²) < 4.78 is 1.61. The van der Waals surface area contributed by atoms with Gasteiger partial charge in [-0.2, -0.15) is 5.10 Å². The van der Waals surface area contributed by atoms with Gasteiger partial charge in [0.1, 0.15) is 5.69 Å². The lowest BCUT2D eigenvalue weighted by Crippen LogP contribution is -2.16. The lowest BCUT2D eigenvalue weighted by atomic mass is 10.2. The SMILES string of the molecule is CCc1cc(C(=O)Nc2cccc(CBr)c2)n(C)n1. The van der Waals surface area contributed by atoms with Crippen LogP contribution < -0.4 is 5.32 Å². The lowest BCUT2D eigenvalue weighted by molar-refractivity contribution is 0.101. The van der Waals surface area contributed by atoms with E-state index in [1.54, 1.807) is 11.7 Å². The summed E-state index contributed by atoms with van der Waals surface area (Å²) >= 11 is 3.40. The van der Waals surface area contributed by atoms with Crippen molar-refractivity contribution in [3.8, 4) is 0 Å². The second kappa shape index (κ2) is 6.02. The number of benzene rings is 1. The van der Waals surface area contributed by atoms with Crippen molar-refractivity contribution in [1.29, 1.82) is 0 Å². The summed E-state index contributed by atoms with van der Waals surface area (Å²) in [7, 11) is 1.78. The summed E-state index contributed by atoms with van der Waals surface area (Å²) in [5, 5.41) is 7.93. The van der Waals surface area contributed by atoms with E-state index in [2.05, 4.69) is 26.3 Å². The zero-order chi connectivity index (χ0) is 13.8. The molecule has 0 bridgehead atoms. The van der Waals surface area contributed by atoms with E-state index in [-0.39, 0.29) is 5.91 Å². The highest BCUT2D eigenvalue weighted by Crippen LogP contribution is 2.14. The van der Waals surface area contributed by atoms with E-state index in [0.717, 1.165) is 28.7 Å². The van der Waals surface area contributed by atoms with Gasteiger partial charge in [0.2, 0.25) is 0 Å². The molecule has 0 spiro atoms. The Morgan fingerprint density at radius 1 is 1.42 bits per heavy atom. The van der Waals surface area contributed by atoms with E-state index >= 15 is 0 Å². The number of alkyl halides is 1. The highest BCUT2D eigenvalue weighted by molar-refractivity contribution is 9.08. The Morgan fingerprint density at radius 2 is 2.21 bits per heavy atom. The van der Waals surface area contributed by atoms with Gasteiger partial charge in [0, 0.05) is 18.1 Å². The number of hydrogen-bond acceptors (Lipinski definition) is 2. The highest BCUT2D eigenvalue weighted by atomic mass is 79.9. The number of carbonyl (C=O) groups is 1. The van der Waals surface area contributed by atoms with Gasteiger partial charge in [-0.05, 0) is 30.2 Å². The number of rotatable bonds is 4. The summed E-state index contributed by atoms with van der Waals surface area (Å²) in [6.45, 7) is 2.02. The number of hydrogen-bond donors (Lipinski definition) is 1. The zero-order valence-corrected chi connectivity index (χ0v) is 12.6. The molecule has 0 aliphatic carbocycles. The topological polar surface area (TPSA) is 46.9 Å². The molecule has 2 rings (SSSR count). The van der Waals surface area contributed by atoms with Crippen molar-refractivity contribution in [3.63, 3.8) is 0 Å². The number of nitrogens with zero attached hydrogens (tertiary/aromatic N) is 2. The van der Waals surface area contributed by atoms with E-state index in [0.29, 0.717) is 5.69 Å². The Hall–Kier alpha value is -1.62. The molecule has 0 atom stereocenters. The van der Waals surface area contributed by atoms with Crippen LogP contribution in [0.3, 0.4) is 0 Å². The average molecular weight is 322 g/mol. The molecule has 5 heteroatoms. The van der Waals surface area contributed by atoms with Crippen LogP contribution in [0.2, 0.25) is 0 Å².